The van der Waals surface area contributed by atoms with Crippen LogP contribution in [-0.4, -0.2) is 67.9 Å². The highest BCUT2D eigenvalue weighted by Crippen LogP contribution is 2.37. The molecule has 0 saturated heterocycles. The molecule has 1 amide bonds. The molecule has 2 aromatic carbocycles. The molecule has 3 aromatic rings. The third-order valence-electron chi connectivity index (χ3n) is 5.13. The zero-order valence-corrected chi connectivity index (χ0v) is 20.9. The SMILES string of the molecule is C=CC(=O)Nc1cc(Nc2nccc(C(=NC)c3ccccc3N)n2)c(OC)cc1OCCN(C)C. The Labute approximate surface area is 210 Å². The van der Waals surface area contributed by atoms with Crippen molar-refractivity contribution >= 4 is 34.6 Å². The van der Waals surface area contributed by atoms with E-state index in [0.717, 1.165) is 5.56 Å². The minimum Gasteiger partial charge on any atom is -0.494 e. The van der Waals surface area contributed by atoms with Crippen molar-refractivity contribution in [2.24, 2.45) is 4.99 Å². The molecule has 0 fully saturated rings. The van der Waals surface area contributed by atoms with Crippen molar-refractivity contribution in [1.29, 1.82) is 0 Å². The van der Waals surface area contributed by atoms with Gasteiger partial charge in [0.2, 0.25) is 11.9 Å². The number of para-hydroxylation sites is 1. The number of likely N-dealkylation sites (N-methyl/N-ethyl adjacent to an activating group) is 1. The third-order valence-corrected chi connectivity index (χ3v) is 5.13. The molecule has 0 unspecified atom stereocenters. The molecule has 0 atom stereocenters. The molecule has 1 heterocycles. The van der Waals surface area contributed by atoms with Crippen LogP contribution >= 0.6 is 0 Å². The molecule has 188 valence electrons. The molecule has 0 radical (unpaired) electrons. The van der Waals surface area contributed by atoms with Crippen LogP contribution in [0.25, 0.3) is 0 Å². The Balaban J connectivity index is 1.96. The number of carbonyl (C=O) groups excluding carboxylic acids is 1. The minimum absolute atomic E-state index is 0.309. The van der Waals surface area contributed by atoms with Crippen LogP contribution in [0.5, 0.6) is 11.5 Å². The Morgan fingerprint density at radius 1 is 1.19 bits per heavy atom. The zero-order chi connectivity index (χ0) is 26.1. The summed E-state index contributed by atoms with van der Waals surface area (Å²) in [7, 11) is 7.13. The minimum atomic E-state index is -0.369. The van der Waals surface area contributed by atoms with Crippen molar-refractivity contribution < 1.29 is 14.3 Å². The van der Waals surface area contributed by atoms with Crippen molar-refractivity contribution in [3.05, 3.63) is 72.6 Å². The van der Waals surface area contributed by atoms with Gasteiger partial charge in [-0.1, -0.05) is 24.8 Å². The zero-order valence-electron chi connectivity index (χ0n) is 20.9. The predicted octanol–water partition coefficient (Wildman–Crippen LogP) is 3.34. The van der Waals surface area contributed by atoms with E-state index in [4.69, 9.17) is 15.2 Å². The van der Waals surface area contributed by atoms with Crippen molar-refractivity contribution in [2.45, 2.75) is 0 Å². The van der Waals surface area contributed by atoms with Gasteiger partial charge in [0.1, 0.15) is 18.1 Å². The summed E-state index contributed by atoms with van der Waals surface area (Å²) in [6.45, 7) is 4.64. The summed E-state index contributed by atoms with van der Waals surface area (Å²) in [6, 6.07) is 12.6. The van der Waals surface area contributed by atoms with Crippen LogP contribution in [0.2, 0.25) is 0 Å². The van der Waals surface area contributed by atoms with E-state index in [-0.39, 0.29) is 5.91 Å². The van der Waals surface area contributed by atoms with Crippen LogP contribution in [0.15, 0.2) is 66.3 Å². The number of hydrogen-bond acceptors (Lipinski definition) is 9. The number of anilines is 4. The number of nitrogen functional groups attached to an aromatic ring is 1. The molecule has 3 rings (SSSR count). The fourth-order valence-electron chi connectivity index (χ4n) is 3.32. The summed E-state index contributed by atoms with van der Waals surface area (Å²) in [4.78, 5) is 27.4. The van der Waals surface area contributed by atoms with Gasteiger partial charge < -0.3 is 30.7 Å². The highest BCUT2D eigenvalue weighted by Gasteiger charge is 2.16. The lowest BCUT2D eigenvalue weighted by Gasteiger charge is -2.18. The van der Waals surface area contributed by atoms with Crippen LogP contribution < -0.4 is 25.8 Å². The average molecular weight is 490 g/mol. The molecule has 0 spiro atoms. The van der Waals surface area contributed by atoms with Crippen molar-refractivity contribution in [2.75, 3.05) is 57.8 Å². The highest BCUT2D eigenvalue weighted by molar-refractivity contribution is 6.14. The molecule has 0 saturated carbocycles. The summed E-state index contributed by atoms with van der Waals surface area (Å²) in [6.07, 6.45) is 2.81. The van der Waals surface area contributed by atoms with Crippen molar-refractivity contribution in [1.82, 2.24) is 14.9 Å². The third kappa shape index (κ3) is 6.57. The van der Waals surface area contributed by atoms with Gasteiger partial charge in [-0.3, -0.25) is 9.79 Å². The Morgan fingerprint density at radius 3 is 2.64 bits per heavy atom. The van der Waals surface area contributed by atoms with Crippen LogP contribution in [0.4, 0.5) is 23.0 Å². The summed E-state index contributed by atoms with van der Waals surface area (Å²) >= 11 is 0. The second-order valence-electron chi connectivity index (χ2n) is 7.94. The fourth-order valence-corrected chi connectivity index (χ4v) is 3.32. The quantitative estimate of drug-likeness (QED) is 0.213. The lowest BCUT2D eigenvalue weighted by Crippen LogP contribution is -2.20. The van der Waals surface area contributed by atoms with Crippen LogP contribution in [-0.2, 0) is 4.79 Å². The first-order valence-electron chi connectivity index (χ1n) is 11.2. The number of amides is 1. The standard InChI is InChI=1S/C26H31N7O3/c1-6-24(34)30-21-15-20(22(35-5)16-23(21)36-14-13-33(3)4)32-26-29-12-11-19(31-26)25(28-2)17-9-7-8-10-18(17)27/h6-12,15-16H,1,13-14,27H2,2-5H3,(H,30,34)(H,29,31,32). The normalized spacial score (nSPS) is 11.2. The summed E-state index contributed by atoms with van der Waals surface area (Å²) < 4.78 is 11.5. The summed E-state index contributed by atoms with van der Waals surface area (Å²) in [5.41, 5.74) is 9.73. The number of nitrogens with one attached hydrogen (secondary N) is 2. The first-order chi connectivity index (χ1) is 17.4. The van der Waals surface area contributed by atoms with Crippen LogP contribution in [0.1, 0.15) is 11.3 Å². The van der Waals surface area contributed by atoms with Gasteiger partial charge in [-0.25, -0.2) is 9.97 Å². The second-order valence-corrected chi connectivity index (χ2v) is 7.94. The number of nitrogens with two attached hydrogens (primary N) is 1. The molecule has 1 aromatic heterocycles. The Bertz CT molecular complexity index is 1260. The Hall–Kier alpha value is -4.44. The maximum atomic E-state index is 12.1. The second kappa shape index (κ2) is 12.3. The van der Waals surface area contributed by atoms with Gasteiger partial charge >= 0.3 is 0 Å². The van der Waals surface area contributed by atoms with Crippen molar-refractivity contribution in [3.63, 3.8) is 0 Å². The number of carbonyl (C=O) groups is 1. The van der Waals surface area contributed by atoms with Gasteiger partial charge in [0.05, 0.1) is 29.9 Å². The molecular weight excluding hydrogens is 458 g/mol. The first kappa shape index (κ1) is 26.2. The number of hydrogen-bond donors (Lipinski definition) is 3. The van der Waals surface area contributed by atoms with Crippen LogP contribution in [0, 0.1) is 0 Å². The smallest absolute Gasteiger partial charge is 0.247 e. The van der Waals surface area contributed by atoms with E-state index >= 15 is 0 Å². The van der Waals surface area contributed by atoms with Gasteiger partial charge in [0.25, 0.3) is 0 Å². The Morgan fingerprint density at radius 2 is 1.97 bits per heavy atom. The van der Waals surface area contributed by atoms with E-state index in [2.05, 4.69) is 32.2 Å². The summed E-state index contributed by atoms with van der Waals surface area (Å²) in [5.74, 6) is 0.885. The molecule has 4 N–H and O–H groups in total. The molecule has 0 aliphatic carbocycles. The van der Waals surface area contributed by atoms with E-state index < -0.39 is 0 Å². The number of methoxy groups -OCH3 is 1. The molecule has 0 bridgehead atoms. The first-order valence-corrected chi connectivity index (χ1v) is 11.2. The van der Waals surface area contributed by atoms with E-state index in [1.807, 2.05) is 43.3 Å². The lowest BCUT2D eigenvalue weighted by atomic mass is 10.1. The van der Waals surface area contributed by atoms with E-state index in [1.54, 1.807) is 38.6 Å². The number of aromatic nitrogens is 2. The number of aliphatic imine (C=N–C) groups is 1. The van der Waals surface area contributed by atoms with Gasteiger partial charge in [0.15, 0.2) is 0 Å². The number of benzene rings is 2. The van der Waals surface area contributed by atoms with Gasteiger partial charge in [-0.2, -0.15) is 0 Å². The number of nitrogens with zero attached hydrogens (tertiary/aromatic N) is 4. The van der Waals surface area contributed by atoms with E-state index in [0.29, 0.717) is 59.1 Å². The summed E-state index contributed by atoms with van der Waals surface area (Å²) in [5, 5.41) is 5.95. The van der Waals surface area contributed by atoms with E-state index in [1.165, 1.54) is 6.08 Å². The van der Waals surface area contributed by atoms with Crippen LogP contribution in [0.3, 0.4) is 0 Å². The number of ether oxygens (including phenoxy) is 2. The lowest BCUT2D eigenvalue weighted by molar-refractivity contribution is -0.111. The van der Waals surface area contributed by atoms with Gasteiger partial charge in [-0.15, -0.1) is 0 Å². The number of rotatable bonds is 11. The van der Waals surface area contributed by atoms with E-state index in [9.17, 15) is 4.79 Å². The molecular formula is C26H31N7O3. The molecule has 0 aliphatic rings. The molecule has 36 heavy (non-hydrogen) atoms. The monoisotopic (exact) mass is 489 g/mol. The Kier molecular flexibility index (Phi) is 8.95. The molecule has 0 aliphatic heterocycles. The van der Waals surface area contributed by atoms with Gasteiger partial charge in [-0.05, 0) is 38.4 Å². The maximum absolute atomic E-state index is 12.1. The highest BCUT2D eigenvalue weighted by atomic mass is 16.5. The predicted molar refractivity (Wildman–Crippen MR) is 144 cm³/mol. The maximum Gasteiger partial charge on any atom is 0.247 e. The molecule has 10 nitrogen and oxygen atoms in total. The van der Waals surface area contributed by atoms with Crippen molar-refractivity contribution in [3.8, 4) is 11.5 Å². The average Bonchev–Trinajstić information content (AvgIpc) is 2.86. The molecule has 10 heteroatoms. The topological polar surface area (TPSA) is 127 Å². The van der Waals surface area contributed by atoms with Gasteiger partial charge in [0, 0.05) is 37.1 Å². The fraction of sp³-hybridized carbons (Fsp3) is 0.231. The largest absolute Gasteiger partial charge is 0.494 e.